The van der Waals surface area contributed by atoms with E-state index in [2.05, 4.69) is 0 Å². The Morgan fingerprint density at radius 3 is 2.19 bits per heavy atom. The summed E-state index contributed by atoms with van der Waals surface area (Å²) in [6.07, 6.45) is -0.917. The third kappa shape index (κ3) is 9.78. The fraction of sp³-hybridized carbons (Fsp3) is 0.545. The lowest BCUT2D eigenvalue weighted by Gasteiger charge is -2.23. The van der Waals surface area contributed by atoms with Crippen molar-refractivity contribution in [2.75, 3.05) is 6.61 Å². The highest BCUT2D eigenvalue weighted by atomic mass is 16.7. The molecule has 1 aromatic carbocycles. The molecule has 0 saturated carbocycles. The van der Waals surface area contributed by atoms with E-state index in [1.807, 2.05) is 6.92 Å². The lowest BCUT2D eigenvalue weighted by molar-refractivity contribution is -0.152. The number of nitrogens with two attached hydrogens (primary N) is 1. The molecule has 32 heavy (non-hydrogen) atoms. The molecule has 0 aliphatic heterocycles. The van der Waals surface area contributed by atoms with E-state index in [1.54, 1.807) is 26.8 Å². The molecule has 10 nitrogen and oxygen atoms in total. The second-order valence-electron chi connectivity index (χ2n) is 7.80. The molecular weight excluding hydrogens is 422 g/mol. The maximum Gasteiger partial charge on any atom is 0.508 e. The summed E-state index contributed by atoms with van der Waals surface area (Å²) in [5.41, 5.74) is 5.82. The highest BCUT2D eigenvalue weighted by Crippen LogP contribution is 2.29. The molecular formula is C22H31NO9. The van der Waals surface area contributed by atoms with Crippen LogP contribution < -0.4 is 15.2 Å². The van der Waals surface area contributed by atoms with Gasteiger partial charge in [0.2, 0.25) is 0 Å². The first-order valence-electron chi connectivity index (χ1n) is 10.1. The summed E-state index contributed by atoms with van der Waals surface area (Å²) < 4.78 is 25.4. The Kier molecular flexibility index (Phi) is 10.1. The predicted molar refractivity (Wildman–Crippen MR) is 113 cm³/mol. The van der Waals surface area contributed by atoms with E-state index < -0.39 is 41.8 Å². The maximum atomic E-state index is 12.3. The van der Waals surface area contributed by atoms with Crippen molar-refractivity contribution in [1.29, 1.82) is 0 Å². The molecule has 0 unspecified atom stereocenters. The molecule has 1 rings (SSSR count). The lowest BCUT2D eigenvalue weighted by Crippen LogP contribution is -2.37. The zero-order chi connectivity index (χ0) is 24.5. The topological polar surface area (TPSA) is 140 Å². The van der Waals surface area contributed by atoms with E-state index in [9.17, 15) is 19.2 Å². The monoisotopic (exact) mass is 453 g/mol. The van der Waals surface area contributed by atoms with Crippen LogP contribution in [0.3, 0.4) is 0 Å². The number of carbonyl (C=O) groups excluding carboxylic acids is 4. The summed E-state index contributed by atoms with van der Waals surface area (Å²) in [4.78, 5) is 46.5. The van der Waals surface area contributed by atoms with Crippen LogP contribution in [-0.4, -0.2) is 48.4 Å². The van der Waals surface area contributed by atoms with Crippen molar-refractivity contribution in [1.82, 2.24) is 0 Å². The van der Waals surface area contributed by atoms with Gasteiger partial charge in [0, 0.05) is 13.8 Å². The van der Waals surface area contributed by atoms with Crippen molar-refractivity contribution in [3.63, 3.8) is 0 Å². The van der Waals surface area contributed by atoms with Crippen molar-refractivity contribution >= 4 is 24.1 Å². The normalized spacial score (nSPS) is 12.8. The smallest absolute Gasteiger partial charge is 0.458 e. The first-order valence-corrected chi connectivity index (χ1v) is 10.1. The molecule has 0 aliphatic carbocycles. The summed E-state index contributed by atoms with van der Waals surface area (Å²) >= 11 is 0. The number of ether oxygens (including phenoxy) is 5. The van der Waals surface area contributed by atoms with Gasteiger partial charge in [-0.05, 0) is 51.3 Å². The van der Waals surface area contributed by atoms with Crippen LogP contribution in [0.1, 0.15) is 53.5 Å². The molecule has 0 radical (unpaired) electrons. The van der Waals surface area contributed by atoms with Crippen LogP contribution in [0.15, 0.2) is 18.2 Å². The Morgan fingerprint density at radius 2 is 1.62 bits per heavy atom. The van der Waals surface area contributed by atoms with Gasteiger partial charge < -0.3 is 29.4 Å². The third-order valence-electron chi connectivity index (χ3n) is 4.24. The van der Waals surface area contributed by atoms with E-state index in [0.717, 1.165) is 0 Å². The quantitative estimate of drug-likeness (QED) is 0.415. The van der Waals surface area contributed by atoms with Gasteiger partial charge >= 0.3 is 24.1 Å². The summed E-state index contributed by atoms with van der Waals surface area (Å²) in [5.74, 6) is -1.79. The van der Waals surface area contributed by atoms with Crippen LogP contribution in [0.4, 0.5) is 4.79 Å². The summed E-state index contributed by atoms with van der Waals surface area (Å²) in [5, 5.41) is 0. The minimum Gasteiger partial charge on any atom is -0.458 e. The van der Waals surface area contributed by atoms with Crippen LogP contribution in [0.2, 0.25) is 0 Å². The Morgan fingerprint density at radius 1 is 1.03 bits per heavy atom. The Hall–Kier alpha value is -3.14. The molecule has 0 bridgehead atoms. The minimum atomic E-state index is -1.03. The molecule has 2 atom stereocenters. The van der Waals surface area contributed by atoms with Crippen molar-refractivity contribution in [3.05, 3.63) is 23.8 Å². The second kappa shape index (κ2) is 12.0. The first kappa shape index (κ1) is 26.9. The summed E-state index contributed by atoms with van der Waals surface area (Å²) in [7, 11) is 0. The van der Waals surface area contributed by atoms with Crippen LogP contribution in [0.5, 0.6) is 11.5 Å². The molecule has 0 aliphatic rings. The molecule has 0 fully saturated rings. The number of hydrogen-bond acceptors (Lipinski definition) is 10. The number of carbonyl (C=O) groups is 4. The van der Waals surface area contributed by atoms with E-state index in [4.69, 9.17) is 29.4 Å². The van der Waals surface area contributed by atoms with Gasteiger partial charge in [0.15, 0.2) is 11.5 Å². The SMILES string of the molecule is CCC(C)(C)OC(=O)OC[C@H](C)OC(=O)[C@@H](N)Cc1ccc(OC(C)=O)c(OC(C)=O)c1. The number of hydrogen-bond donors (Lipinski definition) is 1. The molecule has 0 saturated heterocycles. The van der Waals surface area contributed by atoms with Crippen molar-refractivity contribution in [2.24, 2.45) is 5.73 Å². The molecule has 178 valence electrons. The minimum absolute atomic E-state index is 0.0288. The molecule has 0 aromatic heterocycles. The van der Waals surface area contributed by atoms with Gasteiger partial charge in [0.1, 0.15) is 24.4 Å². The zero-order valence-electron chi connectivity index (χ0n) is 19.3. The largest absolute Gasteiger partial charge is 0.508 e. The molecule has 0 spiro atoms. The number of benzene rings is 1. The van der Waals surface area contributed by atoms with E-state index in [1.165, 1.54) is 26.0 Å². The molecule has 2 N–H and O–H groups in total. The van der Waals surface area contributed by atoms with Gasteiger partial charge in [0.05, 0.1) is 0 Å². The highest BCUT2D eigenvalue weighted by molar-refractivity contribution is 5.76. The van der Waals surface area contributed by atoms with Crippen LogP contribution in [0, 0.1) is 0 Å². The highest BCUT2D eigenvalue weighted by Gasteiger charge is 2.24. The zero-order valence-corrected chi connectivity index (χ0v) is 19.3. The van der Waals surface area contributed by atoms with Crippen molar-refractivity contribution in [3.8, 4) is 11.5 Å². The van der Waals surface area contributed by atoms with E-state index in [0.29, 0.717) is 12.0 Å². The second-order valence-corrected chi connectivity index (χ2v) is 7.80. The number of rotatable bonds is 10. The van der Waals surface area contributed by atoms with Crippen LogP contribution in [-0.2, 0) is 35.0 Å². The van der Waals surface area contributed by atoms with Gasteiger partial charge in [-0.3, -0.25) is 14.4 Å². The molecule has 1 aromatic rings. The predicted octanol–water partition coefficient (Wildman–Crippen LogP) is 2.68. The van der Waals surface area contributed by atoms with Gasteiger partial charge in [-0.25, -0.2) is 4.79 Å². The Bertz CT molecular complexity index is 835. The standard InChI is InChI=1S/C22H31NO9/c1-7-22(5,6)32-21(27)28-12-13(2)29-20(26)17(23)10-16-8-9-18(30-14(3)24)19(11-16)31-15(4)25/h8-9,11,13,17H,7,10,12,23H2,1-6H3/t13-,17-/m0/s1. The fourth-order valence-electron chi connectivity index (χ4n) is 2.32. The van der Waals surface area contributed by atoms with Crippen molar-refractivity contribution in [2.45, 2.75) is 72.1 Å². The van der Waals surface area contributed by atoms with Gasteiger partial charge in [-0.2, -0.15) is 0 Å². The Balaban J connectivity index is 2.66. The van der Waals surface area contributed by atoms with E-state index >= 15 is 0 Å². The summed E-state index contributed by atoms with van der Waals surface area (Å²) in [6, 6.07) is 3.43. The molecule has 0 heterocycles. The third-order valence-corrected chi connectivity index (χ3v) is 4.24. The number of esters is 3. The lowest BCUT2D eigenvalue weighted by atomic mass is 10.1. The van der Waals surface area contributed by atoms with Crippen LogP contribution >= 0.6 is 0 Å². The average molecular weight is 453 g/mol. The summed E-state index contributed by atoms with van der Waals surface area (Å²) in [6.45, 7) is 9.16. The van der Waals surface area contributed by atoms with Gasteiger partial charge in [-0.1, -0.05) is 13.0 Å². The maximum absolute atomic E-state index is 12.3. The molecule has 0 amide bonds. The molecule has 10 heteroatoms. The van der Waals surface area contributed by atoms with Crippen LogP contribution in [0.25, 0.3) is 0 Å². The van der Waals surface area contributed by atoms with Gasteiger partial charge in [0.25, 0.3) is 0 Å². The van der Waals surface area contributed by atoms with Crippen molar-refractivity contribution < 1.29 is 42.9 Å². The first-order chi connectivity index (χ1) is 14.8. The average Bonchev–Trinajstić information content (AvgIpc) is 2.67. The Labute approximate surface area is 187 Å². The van der Waals surface area contributed by atoms with E-state index in [-0.39, 0.29) is 24.5 Å². The van der Waals surface area contributed by atoms with Gasteiger partial charge in [-0.15, -0.1) is 0 Å². The fourth-order valence-corrected chi connectivity index (χ4v) is 2.32.